The van der Waals surface area contributed by atoms with Crippen LogP contribution in [0.5, 0.6) is 0 Å². The maximum atomic E-state index is 13.7. The van der Waals surface area contributed by atoms with Crippen LogP contribution in [0.4, 0.5) is 5.69 Å². The third-order valence-corrected chi connectivity index (χ3v) is 7.22. The topological polar surface area (TPSA) is 122 Å². The maximum Gasteiger partial charge on any atom is 0.250 e. The van der Waals surface area contributed by atoms with Gasteiger partial charge in [0.25, 0.3) is 0 Å². The largest absolute Gasteiger partial charge is 0.370 e. The van der Waals surface area contributed by atoms with Crippen LogP contribution < -0.4 is 16.4 Å². The second kappa shape index (κ2) is 7.81. The normalized spacial score (nSPS) is 27.7. The van der Waals surface area contributed by atoms with Gasteiger partial charge >= 0.3 is 0 Å². The Balaban J connectivity index is 1.53. The highest BCUT2D eigenvalue weighted by Crippen LogP contribution is 2.54. The summed E-state index contributed by atoms with van der Waals surface area (Å²) < 4.78 is 0. The molecule has 0 aliphatic carbocycles. The smallest absolute Gasteiger partial charge is 0.250 e. The number of amides is 4. The highest BCUT2D eigenvalue weighted by Gasteiger charge is 2.70. The van der Waals surface area contributed by atoms with Crippen LogP contribution in [0, 0.1) is 18.8 Å². The van der Waals surface area contributed by atoms with Crippen LogP contribution in [-0.2, 0) is 31.1 Å². The van der Waals surface area contributed by atoms with Gasteiger partial charge in [-0.05, 0) is 30.9 Å². The summed E-state index contributed by atoms with van der Waals surface area (Å²) in [4.78, 5) is 53.4. The van der Waals surface area contributed by atoms with E-state index in [1.54, 1.807) is 0 Å². The summed E-state index contributed by atoms with van der Waals surface area (Å²) in [6.45, 7) is 2.14. The Bertz CT molecular complexity index is 1160. The molecule has 3 aliphatic rings. The third-order valence-electron chi connectivity index (χ3n) is 7.22. The molecular formula is C25H26N4O4. The standard InChI is InChI=1S/C25H26N4O4/c1-14-6-5-9-16-21(14)27-24(33)25(16)20-19(17(28-25)10-11-18(26)30)22(31)29(23(20)32)13-12-15-7-3-2-4-8-15/h2-9,17,19-20,28H,10-13H2,1H3,(H2,26,30)(H,27,33)/t17-,19+,20-,25-/m0/s1. The molecule has 4 amide bonds. The molecule has 2 fully saturated rings. The zero-order valence-electron chi connectivity index (χ0n) is 18.3. The average molecular weight is 447 g/mol. The number of aryl methyl sites for hydroxylation is 1. The van der Waals surface area contributed by atoms with E-state index in [1.165, 1.54) is 4.90 Å². The van der Waals surface area contributed by atoms with Crippen molar-refractivity contribution in [1.82, 2.24) is 10.2 Å². The van der Waals surface area contributed by atoms with Crippen molar-refractivity contribution in [3.63, 3.8) is 0 Å². The predicted molar refractivity (Wildman–Crippen MR) is 121 cm³/mol. The Morgan fingerprint density at radius 2 is 1.82 bits per heavy atom. The van der Waals surface area contributed by atoms with E-state index < -0.39 is 29.3 Å². The molecule has 0 unspecified atom stereocenters. The summed E-state index contributed by atoms with van der Waals surface area (Å²) in [5.74, 6) is -3.08. The average Bonchev–Trinajstić information content (AvgIpc) is 3.38. The molecule has 4 N–H and O–H groups in total. The van der Waals surface area contributed by atoms with Crippen molar-refractivity contribution in [3.05, 3.63) is 65.2 Å². The number of carbonyl (C=O) groups excluding carboxylic acids is 4. The molecule has 33 heavy (non-hydrogen) atoms. The minimum atomic E-state index is -1.34. The zero-order chi connectivity index (χ0) is 23.3. The Hall–Kier alpha value is -3.52. The predicted octanol–water partition coefficient (Wildman–Crippen LogP) is 1.22. The van der Waals surface area contributed by atoms with Gasteiger partial charge in [-0.3, -0.25) is 29.4 Å². The first-order valence-corrected chi connectivity index (χ1v) is 11.2. The Labute approximate surface area is 191 Å². The van der Waals surface area contributed by atoms with Crippen LogP contribution in [0.1, 0.15) is 29.5 Å². The van der Waals surface area contributed by atoms with E-state index >= 15 is 0 Å². The van der Waals surface area contributed by atoms with Crippen molar-refractivity contribution in [2.24, 2.45) is 17.6 Å². The van der Waals surface area contributed by atoms with Crippen molar-refractivity contribution in [1.29, 1.82) is 0 Å². The number of likely N-dealkylation sites (tertiary alicyclic amines) is 1. The Kier molecular flexibility index (Phi) is 5.05. The minimum Gasteiger partial charge on any atom is -0.370 e. The number of rotatable bonds is 6. The lowest BCUT2D eigenvalue weighted by Gasteiger charge is -2.29. The van der Waals surface area contributed by atoms with Gasteiger partial charge < -0.3 is 11.1 Å². The van der Waals surface area contributed by atoms with Gasteiger partial charge in [0.1, 0.15) is 5.54 Å². The van der Waals surface area contributed by atoms with Crippen LogP contribution in [0.25, 0.3) is 0 Å². The second-order valence-corrected chi connectivity index (χ2v) is 9.08. The van der Waals surface area contributed by atoms with Gasteiger partial charge in [0.05, 0.1) is 11.8 Å². The number of para-hydroxylation sites is 1. The summed E-state index contributed by atoms with van der Waals surface area (Å²) in [5.41, 5.74) is 7.28. The Morgan fingerprint density at radius 3 is 2.55 bits per heavy atom. The number of anilines is 1. The first-order valence-electron chi connectivity index (χ1n) is 11.2. The van der Waals surface area contributed by atoms with Gasteiger partial charge in [0, 0.05) is 30.3 Å². The first kappa shape index (κ1) is 21.3. The number of primary amides is 1. The summed E-state index contributed by atoms with van der Waals surface area (Å²) in [5, 5.41) is 6.25. The van der Waals surface area contributed by atoms with Crippen molar-refractivity contribution >= 4 is 29.3 Å². The quantitative estimate of drug-likeness (QED) is 0.576. The first-order chi connectivity index (χ1) is 15.8. The van der Waals surface area contributed by atoms with E-state index in [4.69, 9.17) is 5.73 Å². The molecule has 2 saturated heterocycles. The van der Waals surface area contributed by atoms with E-state index in [9.17, 15) is 19.2 Å². The summed E-state index contributed by atoms with van der Waals surface area (Å²) in [6, 6.07) is 14.7. The van der Waals surface area contributed by atoms with Crippen molar-refractivity contribution in [2.75, 3.05) is 11.9 Å². The van der Waals surface area contributed by atoms with Crippen molar-refractivity contribution in [3.8, 4) is 0 Å². The van der Waals surface area contributed by atoms with Gasteiger partial charge in [0.15, 0.2) is 0 Å². The highest BCUT2D eigenvalue weighted by molar-refractivity contribution is 6.15. The maximum absolute atomic E-state index is 13.7. The molecule has 2 aromatic carbocycles. The van der Waals surface area contributed by atoms with E-state index in [0.29, 0.717) is 17.7 Å². The summed E-state index contributed by atoms with van der Waals surface area (Å²) >= 11 is 0. The van der Waals surface area contributed by atoms with E-state index in [0.717, 1.165) is 11.1 Å². The lowest BCUT2D eigenvalue weighted by Crippen LogP contribution is -2.53. The molecule has 3 aliphatic heterocycles. The van der Waals surface area contributed by atoms with Gasteiger partial charge in [-0.25, -0.2) is 0 Å². The van der Waals surface area contributed by atoms with Crippen molar-refractivity contribution in [2.45, 2.75) is 37.8 Å². The SMILES string of the molecule is Cc1cccc2c1NC(=O)[C@]21N[C@@H](CCC(N)=O)[C@H]2C(=O)N(CCc3ccccc3)C(=O)[C@H]21. The number of fused-ring (bicyclic) bond motifs is 4. The molecule has 1 spiro atoms. The molecule has 3 heterocycles. The van der Waals surface area contributed by atoms with Crippen LogP contribution in [0.15, 0.2) is 48.5 Å². The number of nitrogens with two attached hydrogens (primary N) is 1. The molecule has 4 atom stereocenters. The van der Waals surface area contributed by atoms with E-state index in [1.807, 2.05) is 55.5 Å². The van der Waals surface area contributed by atoms with Crippen LogP contribution in [-0.4, -0.2) is 41.1 Å². The molecular weight excluding hydrogens is 420 g/mol. The molecule has 2 aromatic rings. The van der Waals surface area contributed by atoms with Crippen molar-refractivity contribution < 1.29 is 19.2 Å². The number of hydrogen-bond donors (Lipinski definition) is 3. The number of benzene rings is 2. The number of imide groups is 1. The minimum absolute atomic E-state index is 0.0603. The molecule has 0 aromatic heterocycles. The number of hydrogen-bond acceptors (Lipinski definition) is 5. The van der Waals surface area contributed by atoms with E-state index in [-0.39, 0.29) is 37.1 Å². The summed E-state index contributed by atoms with van der Waals surface area (Å²) in [6.07, 6.45) is 0.870. The second-order valence-electron chi connectivity index (χ2n) is 9.08. The molecule has 8 nitrogen and oxygen atoms in total. The molecule has 0 bridgehead atoms. The summed E-state index contributed by atoms with van der Waals surface area (Å²) in [7, 11) is 0. The fourth-order valence-electron chi connectivity index (χ4n) is 5.69. The lowest BCUT2D eigenvalue weighted by atomic mass is 9.76. The third kappa shape index (κ3) is 3.16. The molecule has 8 heteroatoms. The molecule has 0 radical (unpaired) electrons. The van der Waals surface area contributed by atoms with Crippen LogP contribution in [0.2, 0.25) is 0 Å². The van der Waals surface area contributed by atoms with Gasteiger partial charge in [-0.1, -0.05) is 48.5 Å². The Morgan fingerprint density at radius 1 is 1.06 bits per heavy atom. The van der Waals surface area contributed by atoms with E-state index in [2.05, 4.69) is 10.6 Å². The molecule has 170 valence electrons. The molecule has 0 saturated carbocycles. The van der Waals surface area contributed by atoms with Gasteiger partial charge in [-0.15, -0.1) is 0 Å². The number of nitrogens with zero attached hydrogens (tertiary/aromatic N) is 1. The van der Waals surface area contributed by atoms with Crippen LogP contribution in [0.3, 0.4) is 0 Å². The highest BCUT2D eigenvalue weighted by atomic mass is 16.2. The lowest BCUT2D eigenvalue weighted by molar-refractivity contribution is -0.142. The van der Waals surface area contributed by atoms with Crippen LogP contribution >= 0.6 is 0 Å². The number of carbonyl (C=O) groups is 4. The zero-order valence-corrected chi connectivity index (χ0v) is 18.3. The molecule has 5 rings (SSSR count). The fraction of sp³-hybridized carbons (Fsp3) is 0.360. The number of nitrogens with one attached hydrogen (secondary N) is 2. The monoisotopic (exact) mass is 446 g/mol. The van der Waals surface area contributed by atoms with Gasteiger partial charge in [0.2, 0.25) is 23.6 Å². The van der Waals surface area contributed by atoms with Gasteiger partial charge in [-0.2, -0.15) is 0 Å². The fourth-order valence-corrected chi connectivity index (χ4v) is 5.69.